The van der Waals surface area contributed by atoms with Crippen molar-refractivity contribution in [3.8, 4) is 17.0 Å². The van der Waals surface area contributed by atoms with Crippen molar-refractivity contribution in [2.75, 3.05) is 13.7 Å². The second-order valence-corrected chi connectivity index (χ2v) is 8.05. The lowest BCUT2D eigenvalue weighted by Gasteiger charge is -2.11. The molecule has 1 saturated carbocycles. The van der Waals surface area contributed by atoms with E-state index in [1.165, 1.54) is 0 Å². The minimum Gasteiger partial charge on any atom is -0.493 e. The van der Waals surface area contributed by atoms with Gasteiger partial charge < -0.3 is 10.1 Å². The van der Waals surface area contributed by atoms with Crippen LogP contribution in [0.2, 0.25) is 0 Å². The number of Topliss-reactive ketones (excluding diaryl/α,β-unsaturated/α-hetero) is 1. The molecule has 0 bridgehead atoms. The molecule has 0 radical (unpaired) electrons. The molecule has 2 aromatic heterocycles. The molecule has 0 aliphatic heterocycles. The van der Waals surface area contributed by atoms with Crippen LogP contribution >= 0.6 is 0 Å². The summed E-state index contributed by atoms with van der Waals surface area (Å²) in [6.45, 7) is 2.68. The number of carbonyl (C=O) groups is 2. The highest BCUT2D eigenvalue weighted by Crippen LogP contribution is 2.47. The number of hydrogen-bond acceptors (Lipinski definition) is 5. The van der Waals surface area contributed by atoms with Crippen molar-refractivity contribution in [1.29, 1.82) is 0 Å². The molecule has 0 atom stereocenters. The van der Waals surface area contributed by atoms with Crippen LogP contribution in [-0.2, 0) is 16.6 Å². The predicted molar refractivity (Wildman–Crippen MR) is 112 cm³/mol. The van der Waals surface area contributed by atoms with Crippen molar-refractivity contribution in [1.82, 2.24) is 19.9 Å². The summed E-state index contributed by atoms with van der Waals surface area (Å²) in [4.78, 5) is 29.8. The standard InChI is InChI=1S/C23H24N4O3/c1-3-13-24-22(29)23(11-12-23)21-25-20-19(30-2)10-8-17(27(20)26-21)15-5-4-6-16-14(15)7-9-18(16)28/h4-6,8,10H,3,7,9,11-13H2,1-2H3,(H,24,29). The van der Waals surface area contributed by atoms with Crippen LogP contribution in [0, 0.1) is 0 Å². The zero-order valence-electron chi connectivity index (χ0n) is 17.2. The maximum absolute atomic E-state index is 12.8. The predicted octanol–water partition coefficient (Wildman–Crippen LogP) is 3.09. The van der Waals surface area contributed by atoms with Crippen LogP contribution in [0.3, 0.4) is 0 Å². The van der Waals surface area contributed by atoms with Gasteiger partial charge in [0.1, 0.15) is 5.41 Å². The maximum Gasteiger partial charge on any atom is 0.233 e. The van der Waals surface area contributed by atoms with Gasteiger partial charge >= 0.3 is 0 Å². The van der Waals surface area contributed by atoms with Gasteiger partial charge in [0, 0.05) is 24.1 Å². The Kier molecular flexibility index (Phi) is 4.34. The Labute approximate surface area is 174 Å². The number of carbonyl (C=O) groups excluding carboxylic acids is 2. The van der Waals surface area contributed by atoms with Crippen LogP contribution in [-0.4, -0.2) is 39.9 Å². The highest BCUT2D eigenvalue weighted by molar-refractivity contribution is 6.02. The summed E-state index contributed by atoms with van der Waals surface area (Å²) in [6, 6.07) is 9.63. The number of amides is 1. The number of aromatic nitrogens is 3. The van der Waals surface area contributed by atoms with Crippen molar-refractivity contribution in [3.05, 3.63) is 47.3 Å². The number of nitrogens with one attached hydrogen (secondary N) is 1. The third-order valence-electron chi connectivity index (χ3n) is 6.17. The number of benzene rings is 1. The molecule has 1 aromatic carbocycles. The number of methoxy groups -OCH3 is 1. The van der Waals surface area contributed by atoms with Crippen molar-refractivity contribution in [3.63, 3.8) is 0 Å². The van der Waals surface area contributed by atoms with Crippen LogP contribution in [0.5, 0.6) is 5.75 Å². The fraction of sp³-hybridized carbons (Fsp3) is 0.391. The number of fused-ring (bicyclic) bond motifs is 2. The second-order valence-electron chi connectivity index (χ2n) is 8.05. The van der Waals surface area contributed by atoms with E-state index in [4.69, 9.17) is 14.8 Å². The number of nitrogens with zero attached hydrogens (tertiary/aromatic N) is 3. The summed E-state index contributed by atoms with van der Waals surface area (Å²) in [5.74, 6) is 1.31. The van der Waals surface area contributed by atoms with Crippen LogP contribution in [0.25, 0.3) is 16.9 Å². The Hall–Kier alpha value is -3.22. The lowest BCUT2D eigenvalue weighted by molar-refractivity contribution is -0.123. The monoisotopic (exact) mass is 404 g/mol. The smallest absolute Gasteiger partial charge is 0.233 e. The third kappa shape index (κ3) is 2.72. The molecule has 1 N–H and O–H groups in total. The first-order valence-electron chi connectivity index (χ1n) is 10.5. The van der Waals surface area contributed by atoms with Crippen molar-refractivity contribution in [2.24, 2.45) is 0 Å². The quantitative estimate of drug-likeness (QED) is 0.682. The minimum absolute atomic E-state index is 0.00743. The van der Waals surface area contributed by atoms with E-state index in [2.05, 4.69) is 5.32 Å². The number of rotatable bonds is 6. The van der Waals surface area contributed by atoms with Gasteiger partial charge in [0.05, 0.1) is 12.8 Å². The van der Waals surface area contributed by atoms with E-state index < -0.39 is 5.41 Å². The zero-order valence-corrected chi connectivity index (χ0v) is 17.2. The van der Waals surface area contributed by atoms with Gasteiger partial charge in [-0.15, -0.1) is 5.10 Å². The van der Waals surface area contributed by atoms with Crippen LogP contribution in [0.1, 0.15) is 54.4 Å². The zero-order chi connectivity index (χ0) is 20.9. The lowest BCUT2D eigenvalue weighted by atomic mass is 10.00. The molecule has 2 heterocycles. The first-order chi connectivity index (χ1) is 14.6. The van der Waals surface area contributed by atoms with Gasteiger partial charge in [-0.2, -0.15) is 0 Å². The van der Waals surface area contributed by atoms with E-state index >= 15 is 0 Å². The van der Waals surface area contributed by atoms with Gasteiger partial charge in [-0.3, -0.25) is 9.59 Å². The molecule has 154 valence electrons. The Morgan fingerprint density at radius 2 is 2.00 bits per heavy atom. The summed E-state index contributed by atoms with van der Waals surface area (Å²) < 4.78 is 7.29. The molecule has 1 fully saturated rings. The summed E-state index contributed by atoms with van der Waals surface area (Å²) in [5, 5.41) is 7.78. The van der Waals surface area contributed by atoms with E-state index in [9.17, 15) is 9.59 Å². The Balaban J connectivity index is 1.66. The molecule has 7 nitrogen and oxygen atoms in total. The molecule has 0 unspecified atom stereocenters. The lowest BCUT2D eigenvalue weighted by Crippen LogP contribution is -2.35. The minimum atomic E-state index is -0.655. The average Bonchev–Trinajstić information content (AvgIpc) is 3.32. The molecule has 0 spiro atoms. The van der Waals surface area contributed by atoms with E-state index in [0.29, 0.717) is 30.2 Å². The maximum atomic E-state index is 12.8. The second kappa shape index (κ2) is 6.93. The SMILES string of the molecule is CCCNC(=O)C1(c2nc3c(OC)ccc(-c4cccc5c4CCC5=O)n3n2)CC1. The molecule has 3 aromatic rings. The first kappa shape index (κ1) is 18.8. The summed E-state index contributed by atoms with van der Waals surface area (Å²) in [6.07, 6.45) is 3.63. The molecule has 5 rings (SSSR count). The Morgan fingerprint density at radius 3 is 2.73 bits per heavy atom. The highest BCUT2D eigenvalue weighted by atomic mass is 16.5. The van der Waals surface area contributed by atoms with Crippen molar-refractivity contribution >= 4 is 17.3 Å². The van der Waals surface area contributed by atoms with Gasteiger partial charge in [-0.25, -0.2) is 9.50 Å². The number of pyridine rings is 1. The van der Waals surface area contributed by atoms with Gasteiger partial charge in [0.15, 0.2) is 23.0 Å². The Bertz CT molecular complexity index is 1180. The number of ether oxygens (including phenoxy) is 1. The topological polar surface area (TPSA) is 85.6 Å². The van der Waals surface area contributed by atoms with E-state index in [-0.39, 0.29) is 11.7 Å². The summed E-state index contributed by atoms with van der Waals surface area (Å²) in [5.41, 5.74) is 3.59. The summed E-state index contributed by atoms with van der Waals surface area (Å²) >= 11 is 0. The molecular formula is C23H24N4O3. The fourth-order valence-electron chi connectivity index (χ4n) is 4.32. The van der Waals surface area contributed by atoms with Gasteiger partial charge in [-0.05, 0) is 43.4 Å². The average molecular weight is 404 g/mol. The molecule has 30 heavy (non-hydrogen) atoms. The normalized spacial score (nSPS) is 16.5. The third-order valence-corrected chi connectivity index (χ3v) is 6.17. The molecule has 2 aliphatic rings. The number of hydrogen-bond donors (Lipinski definition) is 1. The fourth-order valence-corrected chi connectivity index (χ4v) is 4.32. The summed E-state index contributed by atoms with van der Waals surface area (Å²) in [7, 11) is 1.60. The van der Waals surface area contributed by atoms with Gasteiger partial charge in [0.25, 0.3) is 0 Å². The van der Waals surface area contributed by atoms with Crippen LogP contribution in [0.15, 0.2) is 30.3 Å². The van der Waals surface area contributed by atoms with E-state index in [0.717, 1.165) is 48.1 Å². The van der Waals surface area contributed by atoms with Crippen molar-refractivity contribution in [2.45, 2.75) is 44.4 Å². The first-order valence-corrected chi connectivity index (χ1v) is 10.5. The van der Waals surface area contributed by atoms with Crippen LogP contribution in [0.4, 0.5) is 0 Å². The van der Waals surface area contributed by atoms with Gasteiger partial charge in [0.2, 0.25) is 5.91 Å². The Morgan fingerprint density at radius 1 is 1.20 bits per heavy atom. The molecule has 2 aliphatic carbocycles. The van der Waals surface area contributed by atoms with E-state index in [1.54, 1.807) is 11.6 Å². The van der Waals surface area contributed by atoms with Crippen molar-refractivity contribution < 1.29 is 14.3 Å². The largest absolute Gasteiger partial charge is 0.493 e. The molecule has 7 heteroatoms. The molecular weight excluding hydrogens is 380 g/mol. The van der Waals surface area contributed by atoms with Crippen LogP contribution < -0.4 is 10.1 Å². The highest BCUT2D eigenvalue weighted by Gasteiger charge is 2.54. The van der Waals surface area contributed by atoms with E-state index in [1.807, 2.05) is 37.3 Å². The number of ketones is 1. The van der Waals surface area contributed by atoms with Gasteiger partial charge in [-0.1, -0.05) is 25.1 Å². The molecule has 1 amide bonds. The molecule has 0 saturated heterocycles.